The monoisotopic (exact) mass is 394 g/mol. The van der Waals surface area contributed by atoms with Crippen molar-refractivity contribution in [3.8, 4) is 11.3 Å². The maximum absolute atomic E-state index is 12.6. The second-order valence-corrected chi connectivity index (χ2v) is 7.05. The molecule has 1 unspecified atom stereocenters. The summed E-state index contributed by atoms with van der Waals surface area (Å²) >= 11 is 1.22. The van der Waals surface area contributed by atoms with Crippen LogP contribution in [0, 0.1) is 0 Å². The molecule has 0 aliphatic rings. The molecule has 2 aromatic carbocycles. The fraction of sp³-hybridized carbons (Fsp3) is 0.150. The number of rotatable bonds is 7. The zero-order chi connectivity index (χ0) is 19.9. The second-order valence-electron chi connectivity index (χ2n) is 5.88. The van der Waals surface area contributed by atoms with Gasteiger partial charge in [-0.05, 0) is 24.6 Å². The van der Waals surface area contributed by atoms with E-state index in [9.17, 15) is 9.59 Å². The van der Waals surface area contributed by atoms with Gasteiger partial charge in [0, 0.05) is 11.3 Å². The lowest BCUT2D eigenvalue weighted by atomic mass is 10.2. The van der Waals surface area contributed by atoms with Gasteiger partial charge in [-0.1, -0.05) is 55.1 Å². The van der Waals surface area contributed by atoms with Gasteiger partial charge >= 0.3 is 5.97 Å². The quantitative estimate of drug-likeness (QED) is 0.588. The number of carbonyl (C=O) groups excluding carboxylic acids is 1. The third-order valence-corrected chi connectivity index (χ3v) is 5.13. The van der Waals surface area contributed by atoms with Crippen molar-refractivity contribution >= 4 is 29.3 Å². The van der Waals surface area contributed by atoms with Crippen LogP contribution in [0.2, 0.25) is 0 Å². The first-order valence-electron chi connectivity index (χ1n) is 8.63. The van der Waals surface area contributed by atoms with E-state index in [4.69, 9.17) is 5.11 Å². The van der Waals surface area contributed by atoms with Crippen molar-refractivity contribution in [2.24, 2.45) is 0 Å². The maximum atomic E-state index is 12.6. The van der Waals surface area contributed by atoms with Crippen molar-refractivity contribution in [2.45, 2.75) is 23.8 Å². The summed E-state index contributed by atoms with van der Waals surface area (Å²) in [6, 6.07) is 15.7. The Kier molecular flexibility index (Phi) is 6.33. The first-order valence-corrected chi connectivity index (χ1v) is 9.51. The largest absolute Gasteiger partial charge is 0.478 e. The number of amides is 1. The van der Waals surface area contributed by atoms with Gasteiger partial charge in [-0.15, -0.1) is 10.2 Å². The molecule has 2 N–H and O–H groups in total. The Labute approximate surface area is 166 Å². The number of aromatic carboxylic acids is 1. The van der Waals surface area contributed by atoms with Crippen LogP contribution >= 0.6 is 11.8 Å². The van der Waals surface area contributed by atoms with Crippen molar-refractivity contribution in [3.05, 3.63) is 66.4 Å². The maximum Gasteiger partial charge on any atom is 0.335 e. The van der Waals surface area contributed by atoms with Crippen LogP contribution in [0.25, 0.3) is 11.3 Å². The molecule has 1 heterocycles. The Morgan fingerprint density at radius 2 is 1.89 bits per heavy atom. The molecule has 7 nitrogen and oxygen atoms in total. The lowest BCUT2D eigenvalue weighted by Gasteiger charge is -2.14. The highest BCUT2D eigenvalue weighted by Crippen LogP contribution is 2.24. The normalized spacial score (nSPS) is 11.6. The topological polar surface area (TPSA) is 105 Å². The highest BCUT2D eigenvalue weighted by atomic mass is 32.2. The molecule has 0 saturated carbocycles. The number of thioether (sulfide) groups is 1. The summed E-state index contributed by atoms with van der Waals surface area (Å²) in [5.74, 6) is -1.29. The number of aromatic nitrogens is 3. The molecule has 0 saturated heterocycles. The van der Waals surface area contributed by atoms with E-state index in [1.165, 1.54) is 23.9 Å². The van der Waals surface area contributed by atoms with E-state index < -0.39 is 11.2 Å². The highest BCUT2D eigenvalue weighted by Gasteiger charge is 2.20. The molecule has 1 aromatic heterocycles. The molecule has 28 heavy (non-hydrogen) atoms. The first-order chi connectivity index (χ1) is 13.6. The van der Waals surface area contributed by atoms with E-state index in [0.29, 0.717) is 23.0 Å². The van der Waals surface area contributed by atoms with E-state index in [1.807, 2.05) is 37.3 Å². The number of hydrogen-bond acceptors (Lipinski definition) is 6. The smallest absolute Gasteiger partial charge is 0.335 e. The molecule has 142 valence electrons. The van der Waals surface area contributed by atoms with Gasteiger partial charge in [-0.2, -0.15) is 0 Å². The molecule has 0 fully saturated rings. The molecule has 0 radical (unpaired) electrons. The first kappa shape index (κ1) is 19.5. The average molecular weight is 394 g/mol. The molecule has 8 heteroatoms. The molecule has 0 aliphatic carbocycles. The van der Waals surface area contributed by atoms with Gasteiger partial charge in [0.25, 0.3) is 0 Å². The number of benzene rings is 2. The predicted octanol–water partition coefficient (Wildman–Crippen LogP) is 3.75. The summed E-state index contributed by atoms with van der Waals surface area (Å²) in [6.07, 6.45) is 2.19. The van der Waals surface area contributed by atoms with Gasteiger partial charge in [-0.25, -0.2) is 9.78 Å². The third-order valence-electron chi connectivity index (χ3n) is 3.90. The molecule has 0 bridgehead atoms. The number of nitrogens with one attached hydrogen (secondary N) is 1. The second kappa shape index (κ2) is 9.09. The van der Waals surface area contributed by atoms with Gasteiger partial charge in [-0.3, -0.25) is 4.79 Å². The molecule has 1 atom stereocenters. The van der Waals surface area contributed by atoms with E-state index in [0.717, 1.165) is 5.56 Å². The Morgan fingerprint density at radius 3 is 2.54 bits per heavy atom. The van der Waals surface area contributed by atoms with E-state index >= 15 is 0 Å². The minimum Gasteiger partial charge on any atom is -0.478 e. The summed E-state index contributed by atoms with van der Waals surface area (Å²) in [6.45, 7) is 1.89. The lowest BCUT2D eigenvalue weighted by Crippen LogP contribution is -2.25. The Morgan fingerprint density at radius 1 is 1.11 bits per heavy atom. The molecule has 3 aromatic rings. The van der Waals surface area contributed by atoms with Crippen molar-refractivity contribution in [3.63, 3.8) is 0 Å². The van der Waals surface area contributed by atoms with Crippen LogP contribution in [0.3, 0.4) is 0 Å². The fourth-order valence-electron chi connectivity index (χ4n) is 2.46. The number of carboxylic acid groups (broad SMARTS) is 1. The lowest BCUT2D eigenvalue weighted by molar-refractivity contribution is -0.115. The van der Waals surface area contributed by atoms with Crippen LogP contribution in [-0.2, 0) is 4.79 Å². The minimum absolute atomic E-state index is 0.113. The van der Waals surface area contributed by atoms with E-state index in [1.54, 1.807) is 18.3 Å². The van der Waals surface area contributed by atoms with Gasteiger partial charge in [0.05, 0.1) is 17.0 Å². The number of hydrogen-bond donors (Lipinski definition) is 2. The number of carbonyl (C=O) groups is 2. The van der Waals surface area contributed by atoms with Crippen LogP contribution < -0.4 is 5.32 Å². The van der Waals surface area contributed by atoms with Crippen LogP contribution in [0.1, 0.15) is 23.7 Å². The summed E-state index contributed by atoms with van der Waals surface area (Å²) in [7, 11) is 0. The Balaban J connectivity index is 1.67. The highest BCUT2D eigenvalue weighted by molar-refractivity contribution is 8.00. The van der Waals surface area contributed by atoms with Crippen LogP contribution in [0.5, 0.6) is 0 Å². The van der Waals surface area contributed by atoms with E-state index in [2.05, 4.69) is 20.5 Å². The SMILES string of the molecule is CCC(Sc1ncc(-c2ccccc2)nn1)C(=O)Nc1cccc(C(=O)O)c1. The Hall–Kier alpha value is -3.26. The summed E-state index contributed by atoms with van der Waals surface area (Å²) < 4.78 is 0. The van der Waals surface area contributed by atoms with Crippen molar-refractivity contribution in [1.29, 1.82) is 0 Å². The van der Waals surface area contributed by atoms with Crippen LogP contribution in [-0.4, -0.2) is 37.4 Å². The van der Waals surface area contributed by atoms with Crippen LogP contribution in [0.15, 0.2) is 66.0 Å². The van der Waals surface area contributed by atoms with Gasteiger partial charge < -0.3 is 10.4 Å². The third kappa shape index (κ3) is 4.92. The molecule has 0 aliphatic heterocycles. The predicted molar refractivity (Wildman–Crippen MR) is 107 cm³/mol. The van der Waals surface area contributed by atoms with Crippen molar-refractivity contribution in [2.75, 3.05) is 5.32 Å². The molecular formula is C20H18N4O3S. The minimum atomic E-state index is -1.05. The summed E-state index contributed by atoms with van der Waals surface area (Å²) in [4.78, 5) is 27.9. The summed E-state index contributed by atoms with van der Waals surface area (Å²) in [5, 5.41) is 20.1. The van der Waals surface area contributed by atoms with Crippen molar-refractivity contribution < 1.29 is 14.7 Å². The van der Waals surface area contributed by atoms with Gasteiger partial charge in [0.2, 0.25) is 11.1 Å². The fourth-order valence-corrected chi connectivity index (χ4v) is 3.25. The molecule has 1 amide bonds. The standard InChI is InChI=1S/C20H18N4O3S/c1-2-17(18(25)22-15-10-6-9-14(11-15)19(26)27)28-20-21-12-16(23-24-20)13-7-4-3-5-8-13/h3-12,17H,2H2,1H3,(H,22,25)(H,26,27). The average Bonchev–Trinajstić information content (AvgIpc) is 2.73. The molecule has 3 rings (SSSR count). The number of carboxylic acids is 1. The van der Waals surface area contributed by atoms with Gasteiger partial charge in [0.1, 0.15) is 5.69 Å². The van der Waals surface area contributed by atoms with Crippen molar-refractivity contribution in [1.82, 2.24) is 15.2 Å². The zero-order valence-electron chi connectivity index (χ0n) is 15.1. The van der Waals surface area contributed by atoms with Gasteiger partial charge in [0.15, 0.2) is 0 Å². The van der Waals surface area contributed by atoms with E-state index in [-0.39, 0.29) is 11.5 Å². The Bertz CT molecular complexity index is 965. The van der Waals surface area contributed by atoms with Crippen LogP contribution in [0.4, 0.5) is 5.69 Å². The number of nitrogens with zero attached hydrogens (tertiary/aromatic N) is 3. The zero-order valence-corrected chi connectivity index (χ0v) is 15.9. The number of anilines is 1. The summed E-state index contributed by atoms with van der Waals surface area (Å²) in [5.41, 5.74) is 2.13. The molecular weight excluding hydrogens is 376 g/mol. The molecule has 0 spiro atoms.